The van der Waals surface area contributed by atoms with Crippen LogP contribution in [0.3, 0.4) is 0 Å². The molecule has 0 saturated heterocycles. The van der Waals surface area contributed by atoms with Crippen LogP contribution in [0.5, 0.6) is 5.75 Å². The maximum Gasteiger partial charge on any atom is 0.258 e. The highest BCUT2D eigenvalue weighted by atomic mass is 16.5. The molecular weight excluding hydrogens is 375 g/mol. The van der Waals surface area contributed by atoms with Gasteiger partial charge in [-0.15, -0.1) is 0 Å². The molecule has 0 fully saturated rings. The fraction of sp³-hybridized carbons (Fsp3) is 0.100. The molecule has 2 heterocycles. The molecule has 1 N–H and O–H groups in total. The van der Waals surface area contributed by atoms with Crippen LogP contribution in [-0.4, -0.2) is 54.3 Å². The fourth-order valence-electron chi connectivity index (χ4n) is 3.08. The fourth-order valence-corrected chi connectivity index (χ4v) is 3.08. The standard InChI is InChI=1S/C20H20B3N5O2/c1-28-11-24-10-17(28)13-2-3-14-9-25-19(26-16(14)8-13)27-18(29)12-4-6-15(7-5-12)30-20(21,22)23/h2-11H,21-23H2,1H3,(H,25,26,27,29). The van der Waals surface area contributed by atoms with E-state index in [-0.39, 0.29) is 17.2 Å². The van der Waals surface area contributed by atoms with Gasteiger partial charge in [0.2, 0.25) is 5.95 Å². The number of fused-ring (bicyclic) bond motifs is 1. The van der Waals surface area contributed by atoms with Gasteiger partial charge in [-0.3, -0.25) is 10.1 Å². The number of rotatable bonds is 5. The van der Waals surface area contributed by atoms with Crippen LogP contribution in [0, 0.1) is 0 Å². The zero-order chi connectivity index (χ0) is 21.3. The molecule has 146 valence electrons. The number of hydrogen-bond acceptors (Lipinski definition) is 5. The molecule has 30 heavy (non-hydrogen) atoms. The minimum Gasteiger partial charge on any atom is -0.514 e. The lowest BCUT2D eigenvalue weighted by Crippen LogP contribution is -2.37. The number of carbonyl (C=O) groups excluding carboxylic acids is 1. The van der Waals surface area contributed by atoms with Crippen LogP contribution in [0.2, 0.25) is 0 Å². The molecule has 0 aliphatic carbocycles. The van der Waals surface area contributed by atoms with Crippen molar-refractivity contribution in [1.29, 1.82) is 0 Å². The Hall–Kier alpha value is -3.55. The number of carbonyl (C=O) groups is 1. The van der Waals surface area contributed by atoms with Gasteiger partial charge in [0.1, 0.15) is 29.3 Å². The van der Waals surface area contributed by atoms with Crippen LogP contribution in [0.1, 0.15) is 10.4 Å². The highest BCUT2D eigenvalue weighted by Gasteiger charge is 2.14. The lowest BCUT2D eigenvalue weighted by Gasteiger charge is -2.21. The Morgan fingerprint density at radius 1 is 1.10 bits per heavy atom. The molecule has 2 aromatic heterocycles. The van der Waals surface area contributed by atoms with Crippen molar-refractivity contribution in [3.63, 3.8) is 0 Å². The van der Waals surface area contributed by atoms with Crippen LogP contribution < -0.4 is 10.1 Å². The topological polar surface area (TPSA) is 81.9 Å². The highest BCUT2D eigenvalue weighted by molar-refractivity contribution is 6.58. The second-order valence-corrected chi connectivity index (χ2v) is 8.05. The Balaban J connectivity index is 1.54. The SMILES string of the molecule is BC(B)(B)Oc1ccc(C(=O)Nc2ncc3ccc(-c4cncn4C)cc3n2)cc1. The number of amides is 1. The highest BCUT2D eigenvalue weighted by Crippen LogP contribution is 2.23. The van der Waals surface area contributed by atoms with Crippen molar-refractivity contribution < 1.29 is 9.53 Å². The van der Waals surface area contributed by atoms with E-state index in [9.17, 15) is 4.79 Å². The molecule has 0 unspecified atom stereocenters. The second kappa shape index (κ2) is 7.70. The summed E-state index contributed by atoms with van der Waals surface area (Å²) >= 11 is 0. The monoisotopic (exact) mass is 395 g/mol. The van der Waals surface area contributed by atoms with Crippen molar-refractivity contribution in [2.24, 2.45) is 7.05 Å². The van der Waals surface area contributed by atoms with Gasteiger partial charge in [0.25, 0.3) is 5.91 Å². The average Bonchev–Trinajstić information content (AvgIpc) is 3.12. The quantitative estimate of drug-likeness (QED) is 0.488. The van der Waals surface area contributed by atoms with E-state index in [1.807, 2.05) is 53.4 Å². The van der Waals surface area contributed by atoms with Crippen LogP contribution in [0.4, 0.5) is 5.95 Å². The van der Waals surface area contributed by atoms with Crippen molar-refractivity contribution in [2.45, 2.75) is 5.30 Å². The maximum atomic E-state index is 12.6. The smallest absolute Gasteiger partial charge is 0.258 e. The maximum absolute atomic E-state index is 12.6. The molecular formula is C20H20B3N5O2. The molecule has 0 saturated carbocycles. The summed E-state index contributed by atoms with van der Waals surface area (Å²) in [7, 11) is 7.87. The average molecular weight is 395 g/mol. The summed E-state index contributed by atoms with van der Waals surface area (Å²) in [5.74, 6) is 0.688. The van der Waals surface area contributed by atoms with E-state index in [2.05, 4.69) is 20.3 Å². The summed E-state index contributed by atoms with van der Waals surface area (Å²) in [6, 6.07) is 12.9. The van der Waals surface area contributed by atoms with Gasteiger partial charge < -0.3 is 9.30 Å². The van der Waals surface area contributed by atoms with Crippen molar-refractivity contribution >= 4 is 46.3 Å². The zero-order valence-corrected chi connectivity index (χ0v) is 17.4. The van der Waals surface area contributed by atoms with E-state index in [0.29, 0.717) is 11.3 Å². The predicted octanol–water partition coefficient (Wildman–Crippen LogP) is 0.172. The van der Waals surface area contributed by atoms with Gasteiger partial charge in [-0.05, 0) is 30.3 Å². The molecule has 0 aliphatic rings. The van der Waals surface area contributed by atoms with Crippen molar-refractivity contribution in [3.05, 3.63) is 66.7 Å². The van der Waals surface area contributed by atoms with Gasteiger partial charge >= 0.3 is 0 Å². The summed E-state index contributed by atoms with van der Waals surface area (Å²) in [6.45, 7) is 0. The lowest BCUT2D eigenvalue weighted by molar-refractivity contribution is 0.102. The Bertz CT molecular complexity index is 1220. The molecule has 0 radical (unpaired) electrons. The third-order valence-corrected chi connectivity index (χ3v) is 4.46. The van der Waals surface area contributed by atoms with Crippen molar-refractivity contribution in [3.8, 4) is 17.0 Å². The first-order chi connectivity index (χ1) is 14.3. The number of anilines is 1. The molecule has 0 bridgehead atoms. The van der Waals surface area contributed by atoms with Gasteiger partial charge in [0.05, 0.1) is 23.7 Å². The van der Waals surface area contributed by atoms with Gasteiger partial charge in [0.15, 0.2) is 0 Å². The molecule has 2 aromatic carbocycles. The Morgan fingerprint density at radius 3 is 2.53 bits per heavy atom. The Morgan fingerprint density at radius 2 is 1.87 bits per heavy atom. The third kappa shape index (κ3) is 4.37. The number of nitrogens with one attached hydrogen (secondary N) is 1. The van der Waals surface area contributed by atoms with E-state index in [4.69, 9.17) is 4.74 Å². The van der Waals surface area contributed by atoms with Crippen LogP contribution >= 0.6 is 0 Å². The molecule has 4 aromatic rings. The number of hydrogen-bond donors (Lipinski definition) is 1. The Labute approximate surface area is 177 Å². The summed E-state index contributed by atoms with van der Waals surface area (Å²) < 4.78 is 7.73. The molecule has 4 rings (SSSR count). The van der Waals surface area contributed by atoms with E-state index >= 15 is 0 Å². The van der Waals surface area contributed by atoms with Crippen LogP contribution in [-0.2, 0) is 7.05 Å². The summed E-state index contributed by atoms with van der Waals surface area (Å²) in [6.07, 6.45) is 5.26. The molecule has 1 amide bonds. The van der Waals surface area contributed by atoms with Crippen LogP contribution in [0.25, 0.3) is 22.2 Å². The number of nitrogens with zero attached hydrogens (tertiary/aromatic N) is 4. The van der Waals surface area contributed by atoms with Crippen molar-refractivity contribution in [1.82, 2.24) is 19.5 Å². The minimum atomic E-state index is -0.295. The number of ether oxygens (including phenoxy) is 1. The normalized spacial score (nSPS) is 11.4. The molecule has 0 atom stereocenters. The van der Waals surface area contributed by atoms with E-state index in [0.717, 1.165) is 22.2 Å². The third-order valence-electron chi connectivity index (χ3n) is 4.46. The largest absolute Gasteiger partial charge is 0.514 e. The van der Waals surface area contributed by atoms with E-state index in [1.54, 1.807) is 43.0 Å². The van der Waals surface area contributed by atoms with Crippen molar-refractivity contribution in [2.75, 3.05) is 5.32 Å². The van der Waals surface area contributed by atoms with Gasteiger partial charge in [-0.1, -0.05) is 12.1 Å². The lowest BCUT2D eigenvalue weighted by atomic mass is 9.52. The molecule has 0 spiro atoms. The molecule has 7 nitrogen and oxygen atoms in total. The number of aryl methyl sites for hydroxylation is 1. The second-order valence-electron chi connectivity index (χ2n) is 8.05. The predicted molar refractivity (Wildman–Crippen MR) is 125 cm³/mol. The Kier molecular flexibility index (Phi) is 5.07. The van der Waals surface area contributed by atoms with Gasteiger partial charge in [-0.25, -0.2) is 15.0 Å². The summed E-state index contributed by atoms with van der Waals surface area (Å²) in [5.41, 5.74) is 3.23. The number of imidazole rings is 1. The number of benzene rings is 2. The number of aromatic nitrogens is 4. The van der Waals surface area contributed by atoms with Gasteiger partial charge in [-0.2, -0.15) is 0 Å². The molecule has 0 aliphatic heterocycles. The first-order valence-corrected chi connectivity index (χ1v) is 9.62. The minimum absolute atomic E-state index is 0.254. The molecule has 10 heteroatoms. The van der Waals surface area contributed by atoms with E-state index in [1.165, 1.54) is 0 Å². The summed E-state index contributed by atoms with van der Waals surface area (Å²) in [5, 5.41) is 3.36. The zero-order valence-electron chi connectivity index (χ0n) is 17.4. The van der Waals surface area contributed by atoms with E-state index < -0.39 is 0 Å². The van der Waals surface area contributed by atoms with Crippen LogP contribution in [0.15, 0.2) is 61.2 Å². The van der Waals surface area contributed by atoms with Gasteiger partial charge in [0, 0.05) is 35.1 Å². The summed E-state index contributed by atoms with van der Waals surface area (Å²) in [4.78, 5) is 25.5. The first kappa shape index (κ1) is 19.8. The first-order valence-electron chi connectivity index (χ1n) is 9.62.